The van der Waals surface area contributed by atoms with Gasteiger partial charge in [0.2, 0.25) is 0 Å². The molecule has 3 heteroatoms. The van der Waals surface area contributed by atoms with E-state index >= 15 is 0 Å². The molecular weight excluding hydrogens is 276 g/mol. The fourth-order valence-electron chi connectivity index (χ4n) is 3.24. The first-order valence-electron chi connectivity index (χ1n) is 7.50. The van der Waals surface area contributed by atoms with E-state index in [-0.39, 0.29) is 18.0 Å². The van der Waals surface area contributed by atoms with Crippen LogP contribution in [0.25, 0.3) is 0 Å². The van der Waals surface area contributed by atoms with Crippen molar-refractivity contribution in [2.75, 3.05) is 0 Å². The fraction of sp³-hybridized carbons (Fsp3) is 0.263. The van der Waals surface area contributed by atoms with Gasteiger partial charge in [0.1, 0.15) is 11.4 Å². The topological polar surface area (TPSA) is 54.4 Å². The Labute approximate surface area is 129 Å². The lowest BCUT2D eigenvalue weighted by atomic mass is 9.68. The van der Waals surface area contributed by atoms with Gasteiger partial charge >= 0.3 is 0 Å². The molecule has 0 aliphatic heterocycles. The van der Waals surface area contributed by atoms with Crippen molar-refractivity contribution in [3.8, 4) is 0 Å². The number of rotatable bonds is 3. The van der Waals surface area contributed by atoms with Gasteiger partial charge < -0.3 is 5.11 Å². The van der Waals surface area contributed by atoms with Crippen molar-refractivity contribution in [2.24, 2.45) is 5.92 Å². The maximum absolute atomic E-state index is 12.8. The average Bonchev–Trinajstić information content (AvgIpc) is 2.56. The highest BCUT2D eigenvalue weighted by molar-refractivity contribution is 6.00. The summed E-state index contributed by atoms with van der Waals surface area (Å²) < 4.78 is 0. The number of hydrogen-bond donors (Lipinski definition) is 1. The van der Waals surface area contributed by atoms with Crippen LogP contribution in [0.4, 0.5) is 0 Å². The zero-order valence-electron chi connectivity index (χ0n) is 12.2. The second-order valence-corrected chi connectivity index (χ2v) is 5.83. The van der Waals surface area contributed by atoms with E-state index in [1.54, 1.807) is 24.3 Å². The molecule has 0 heterocycles. The second kappa shape index (κ2) is 5.85. The number of benzene rings is 2. The van der Waals surface area contributed by atoms with Gasteiger partial charge in [0.15, 0.2) is 5.78 Å². The van der Waals surface area contributed by atoms with Crippen LogP contribution in [-0.4, -0.2) is 16.7 Å². The highest BCUT2D eigenvalue weighted by Gasteiger charge is 2.47. The number of carbonyl (C=O) groups excluding carboxylic acids is 2. The van der Waals surface area contributed by atoms with Crippen LogP contribution in [0.2, 0.25) is 0 Å². The molecule has 0 saturated heterocycles. The van der Waals surface area contributed by atoms with E-state index in [0.29, 0.717) is 24.0 Å². The van der Waals surface area contributed by atoms with Crippen molar-refractivity contribution < 1.29 is 14.7 Å². The van der Waals surface area contributed by atoms with Crippen LogP contribution in [0.3, 0.4) is 0 Å². The van der Waals surface area contributed by atoms with Crippen molar-refractivity contribution in [2.45, 2.75) is 24.9 Å². The summed E-state index contributed by atoms with van der Waals surface area (Å²) in [4.78, 5) is 24.7. The molecule has 0 bridgehead atoms. The van der Waals surface area contributed by atoms with Gasteiger partial charge in [-0.1, -0.05) is 60.7 Å². The molecule has 1 N–H and O–H groups in total. The molecular formula is C19H18O3. The molecule has 3 nitrogen and oxygen atoms in total. The summed E-state index contributed by atoms with van der Waals surface area (Å²) in [7, 11) is 0. The van der Waals surface area contributed by atoms with Gasteiger partial charge in [0.05, 0.1) is 5.92 Å². The van der Waals surface area contributed by atoms with E-state index < -0.39 is 11.5 Å². The summed E-state index contributed by atoms with van der Waals surface area (Å²) >= 11 is 0. The molecule has 22 heavy (non-hydrogen) atoms. The van der Waals surface area contributed by atoms with Crippen LogP contribution in [0, 0.1) is 5.92 Å². The van der Waals surface area contributed by atoms with Crippen LogP contribution < -0.4 is 0 Å². The van der Waals surface area contributed by atoms with Crippen LogP contribution in [0.1, 0.15) is 35.2 Å². The third kappa shape index (κ3) is 2.60. The Bertz CT molecular complexity index is 678. The Morgan fingerprint density at radius 3 is 2.23 bits per heavy atom. The van der Waals surface area contributed by atoms with Gasteiger partial charge in [-0.05, 0) is 12.0 Å². The van der Waals surface area contributed by atoms with E-state index in [9.17, 15) is 14.7 Å². The van der Waals surface area contributed by atoms with Crippen LogP contribution >= 0.6 is 0 Å². The Balaban J connectivity index is 2.01. The van der Waals surface area contributed by atoms with Crippen LogP contribution in [0.5, 0.6) is 0 Å². The molecule has 112 valence electrons. The molecule has 0 amide bonds. The Morgan fingerprint density at radius 1 is 1.00 bits per heavy atom. The quantitative estimate of drug-likeness (QED) is 0.885. The smallest absolute Gasteiger partial charge is 0.169 e. The summed E-state index contributed by atoms with van der Waals surface area (Å²) in [6, 6.07) is 18.0. The van der Waals surface area contributed by atoms with Gasteiger partial charge in [-0.25, -0.2) is 0 Å². The molecule has 2 atom stereocenters. The molecule has 0 unspecified atom stereocenters. The number of carbonyl (C=O) groups is 2. The molecule has 1 saturated carbocycles. The standard InChI is InChI=1S/C19H18O3/c20-16-11-12-17(18(21)14-7-3-1-4-8-14)19(22,13-16)15-9-5-2-6-10-15/h1-10,17,22H,11-13H2/t17-,19+/m1/s1. The van der Waals surface area contributed by atoms with Gasteiger partial charge in [0.25, 0.3) is 0 Å². The minimum atomic E-state index is -1.41. The predicted octanol–water partition coefficient (Wildman–Crippen LogP) is 3.13. The van der Waals surface area contributed by atoms with Crippen molar-refractivity contribution >= 4 is 11.6 Å². The van der Waals surface area contributed by atoms with E-state index in [1.807, 2.05) is 36.4 Å². The summed E-state index contributed by atoms with van der Waals surface area (Å²) in [5, 5.41) is 11.2. The van der Waals surface area contributed by atoms with Crippen molar-refractivity contribution in [3.63, 3.8) is 0 Å². The number of aliphatic hydroxyl groups is 1. The van der Waals surface area contributed by atoms with Crippen molar-refractivity contribution in [1.29, 1.82) is 0 Å². The first-order chi connectivity index (χ1) is 10.6. The lowest BCUT2D eigenvalue weighted by Gasteiger charge is -2.38. The highest BCUT2D eigenvalue weighted by atomic mass is 16.3. The fourth-order valence-corrected chi connectivity index (χ4v) is 3.24. The average molecular weight is 294 g/mol. The first kappa shape index (κ1) is 14.7. The van der Waals surface area contributed by atoms with Crippen LogP contribution in [0.15, 0.2) is 60.7 Å². The monoisotopic (exact) mass is 294 g/mol. The summed E-state index contributed by atoms with van der Waals surface area (Å²) in [6.45, 7) is 0. The normalized spacial score (nSPS) is 25.0. The van der Waals surface area contributed by atoms with Gasteiger partial charge in [-0.3, -0.25) is 9.59 Å². The lowest BCUT2D eigenvalue weighted by Crippen LogP contribution is -2.45. The second-order valence-electron chi connectivity index (χ2n) is 5.83. The number of Topliss-reactive ketones (excluding diaryl/α,β-unsaturated/α-hetero) is 2. The summed E-state index contributed by atoms with van der Waals surface area (Å²) in [5.41, 5.74) is -0.197. The Morgan fingerprint density at radius 2 is 1.59 bits per heavy atom. The van der Waals surface area contributed by atoms with Crippen molar-refractivity contribution in [3.05, 3.63) is 71.8 Å². The maximum atomic E-state index is 12.8. The van der Waals surface area contributed by atoms with E-state index in [2.05, 4.69) is 0 Å². The molecule has 1 fully saturated rings. The zero-order chi connectivity index (χ0) is 15.6. The van der Waals surface area contributed by atoms with Gasteiger partial charge in [0, 0.05) is 18.4 Å². The third-order valence-electron chi connectivity index (χ3n) is 4.40. The lowest BCUT2D eigenvalue weighted by molar-refractivity contribution is -0.131. The third-order valence-corrected chi connectivity index (χ3v) is 4.40. The van der Waals surface area contributed by atoms with Gasteiger partial charge in [-0.2, -0.15) is 0 Å². The first-order valence-corrected chi connectivity index (χ1v) is 7.50. The molecule has 2 aromatic carbocycles. The SMILES string of the molecule is O=C1CC[C@H](C(=O)c2ccccc2)[C@@](O)(c2ccccc2)C1. The minimum Gasteiger partial charge on any atom is -0.384 e. The van der Waals surface area contributed by atoms with E-state index in [4.69, 9.17) is 0 Å². The summed E-state index contributed by atoms with van der Waals surface area (Å²) in [6.07, 6.45) is 0.733. The largest absolute Gasteiger partial charge is 0.384 e. The maximum Gasteiger partial charge on any atom is 0.169 e. The minimum absolute atomic E-state index is 0.000252. The molecule has 0 aromatic heterocycles. The van der Waals surface area contributed by atoms with Crippen LogP contribution in [-0.2, 0) is 10.4 Å². The molecule has 0 radical (unpaired) electrons. The molecule has 2 aromatic rings. The number of hydrogen-bond acceptors (Lipinski definition) is 3. The molecule has 1 aliphatic carbocycles. The Hall–Kier alpha value is -2.26. The molecule has 0 spiro atoms. The molecule has 3 rings (SSSR count). The summed E-state index contributed by atoms with van der Waals surface area (Å²) in [5.74, 6) is -0.682. The number of ketones is 2. The molecule has 1 aliphatic rings. The van der Waals surface area contributed by atoms with Gasteiger partial charge in [-0.15, -0.1) is 0 Å². The Kier molecular flexibility index (Phi) is 3.90. The van der Waals surface area contributed by atoms with E-state index in [1.165, 1.54) is 0 Å². The predicted molar refractivity (Wildman–Crippen MR) is 83.5 cm³/mol. The zero-order valence-corrected chi connectivity index (χ0v) is 12.2. The van der Waals surface area contributed by atoms with Crippen molar-refractivity contribution in [1.82, 2.24) is 0 Å². The van der Waals surface area contributed by atoms with E-state index in [0.717, 1.165) is 0 Å². The highest BCUT2D eigenvalue weighted by Crippen LogP contribution is 2.41.